The van der Waals surface area contributed by atoms with Crippen LogP contribution in [0.3, 0.4) is 0 Å². The Morgan fingerprint density at radius 3 is 2.75 bits per heavy atom. The monoisotopic (exact) mass is 281 g/mol. The first kappa shape index (κ1) is 14.4. The van der Waals surface area contributed by atoms with Crippen LogP contribution in [-0.4, -0.2) is 58.5 Å². The summed E-state index contributed by atoms with van der Waals surface area (Å²) in [5.41, 5.74) is 6.20. The number of carbonyl (C=O) groups is 2. The maximum absolute atomic E-state index is 12.1. The molecule has 8 heteroatoms. The maximum Gasteiger partial charge on any atom is 0.360 e. The minimum atomic E-state index is -0.567. The molecule has 1 saturated carbocycles. The number of likely N-dealkylation sites (N-methyl/N-ethyl adjacent to an activating group) is 1. The van der Waals surface area contributed by atoms with Crippen LogP contribution >= 0.6 is 0 Å². The second-order valence-electron chi connectivity index (χ2n) is 4.81. The number of rotatable bonds is 6. The lowest BCUT2D eigenvalue weighted by molar-refractivity contribution is -0.131. The van der Waals surface area contributed by atoms with Crippen molar-refractivity contribution in [2.75, 3.05) is 20.7 Å². The van der Waals surface area contributed by atoms with Crippen molar-refractivity contribution < 1.29 is 14.3 Å². The van der Waals surface area contributed by atoms with Gasteiger partial charge in [0.25, 0.3) is 0 Å². The van der Waals surface area contributed by atoms with Crippen LogP contribution < -0.4 is 5.73 Å². The Bertz CT molecular complexity index is 509. The maximum atomic E-state index is 12.1. The summed E-state index contributed by atoms with van der Waals surface area (Å²) < 4.78 is 6.08. The van der Waals surface area contributed by atoms with Crippen LogP contribution in [0.15, 0.2) is 0 Å². The second-order valence-corrected chi connectivity index (χ2v) is 4.81. The highest BCUT2D eigenvalue weighted by atomic mass is 16.5. The lowest BCUT2D eigenvalue weighted by atomic mass is 10.2. The highest BCUT2D eigenvalue weighted by Crippen LogP contribution is 2.25. The standard InChI is InChI=1S/C12H19N5O3/c1-16(8-3-4-8)10(18)7-17-9(5-6-13)11(14-15-17)12(19)20-2/h8H,3-7,13H2,1-2H3. The molecule has 2 N–H and O–H groups in total. The molecule has 1 aromatic heterocycles. The smallest absolute Gasteiger partial charge is 0.360 e. The van der Waals surface area contributed by atoms with Crippen LogP contribution in [0.4, 0.5) is 0 Å². The van der Waals surface area contributed by atoms with Crippen molar-refractivity contribution >= 4 is 11.9 Å². The van der Waals surface area contributed by atoms with Gasteiger partial charge in [-0.2, -0.15) is 0 Å². The first-order valence-corrected chi connectivity index (χ1v) is 6.54. The number of esters is 1. The van der Waals surface area contributed by atoms with Crippen molar-refractivity contribution in [1.82, 2.24) is 19.9 Å². The summed E-state index contributed by atoms with van der Waals surface area (Å²) in [6.07, 6.45) is 2.50. The fourth-order valence-electron chi connectivity index (χ4n) is 2.00. The summed E-state index contributed by atoms with van der Waals surface area (Å²) in [4.78, 5) is 25.4. The number of methoxy groups -OCH3 is 1. The topological polar surface area (TPSA) is 103 Å². The van der Waals surface area contributed by atoms with Crippen LogP contribution in [-0.2, 0) is 22.5 Å². The summed E-state index contributed by atoms with van der Waals surface area (Å²) in [6.45, 7) is 0.399. The Hall–Kier alpha value is -1.96. The van der Waals surface area contributed by atoms with E-state index in [-0.39, 0.29) is 18.1 Å². The third-order valence-electron chi connectivity index (χ3n) is 3.37. The summed E-state index contributed by atoms with van der Waals surface area (Å²) in [7, 11) is 3.06. The van der Waals surface area contributed by atoms with Crippen LogP contribution in [0.1, 0.15) is 29.0 Å². The van der Waals surface area contributed by atoms with Crippen molar-refractivity contribution in [2.24, 2.45) is 5.73 Å². The molecule has 1 fully saturated rings. The third-order valence-corrected chi connectivity index (χ3v) is 3.37. The molecule has 0 bridgehead atoms. The predicted molar refractivity (Wildman–Crippen MR) is 69.9 cm³/mol. The van der Waals surface area contributed by atoms with E-state index in [0.717, 1.165) is 12.8 Å². The molecule has 20 heavy (non-hydrogen) atoms. The first-order chi connectivity index (χ1) is 9.58. The zero-order chi connectivity index (χ0) is 14.7. The summed E-state index contributed by atoms with van der Waals surface area (Å²) in [5, 5.41) is 7.66. The van der Waals surface area contributed by atoms with E-state index < -0.39 is 5.97 Å². The van der Waals surface area contributed by atoms with Gasteiger partial charge in [-0.25, -0.2) is 9.48 Å². The lowest BCUT2D eigenvalue weighted by Crippen LogP contribution is -2.33. The Kier molecular flexibility index (Phi) is 4.33. The quantitative estimate of drug-likeness (QED) is 0.684. The average molecular weight is 281 g/mol. The molecular formula is C12H19N5O3. The molecule has 0 aromatic carbocycles. The van der Waals surface area contributed by atoms with Crippen LogP contribution in [0.2, 0.25) is 0 Å². The molecule has 1 heterocycles. The number of nitrogens with zero attached hydrogens (tertiary/aromatic N) is 4. The fraction of sp³-hybridized carbons (Fsp3) is 0.667. The number of hydrogen-bond donors (Lipinski definition) is 1. The normalized spacial score (nSPS) is 14.2. The molecule has 8 nitrogen and oxygen atoms in total. The van der Waals surface area contributed by atoms with Crippen LogP contribution in [0.5, 0.6) is 0 Å². The number of amides is 1. The van der Waals surface area contributed by atoms with E-state index in [1.807, 2.05) is 0 Å². The van der Waals surface area contributed by atoms with Gasteiger partial charge < -0.3 is 15.4 Å². The fourth-order valence-corrected chi connectivity index (χ4v) is 2.00. The largest absolute Gasteiger partial charge is 0.464 e. The summed E-state index contributed by atoms with van der Waals surface area (Å²) >= 11 is 0. The highest BCUT2D eigenvalue weighted by Gasteiger charge is 2.30. The first-order valence-electron chi connectivity index (χ1n) is 6.54. The van der Waals surface area contributed by atoms with Gasteiger partial charge in [0.15, 0.2) is 5.69 Å². The van der Waals surface area contributed by atoms with E-state index in [0.29, 0.717) is 24.7 Å². The SMILES string of the molecule is COC(=O)c1nnn(CC(=O)N(C)C2CC2)c1CCN. The third kappa shape index (κ3) is 2.96. The molecule has 0 saturated heterocycles. The van der Waals surface area contributed by atoms with Crippen molar-refractivity contribution in [3.8, 4) is 0 Å². The molecular weight excluding hydrogens is 262 g/mol. The average Bonchev–Trinajstić information content (AvgIpc) is 3.22. The molecule has 1 aliphatic carbocycles. The Morgan fingerprint density at radius 1 is 1.50 bits per heavy atom. The molecule has 0 spiro atoms. The highest BCUT2D eigenvalue weighted by molar-refractivity contribution is 5.88. The minimum absolute atomic E-state index is 0.0490. The van der Waals surface area contributed by atoms with Gasteiger partial charge in [-0.3, -0.25) is 4.79 Å². The predicted octanol–water partition coefficient (Wildman–Crippen LogP) is -0.813. The van der Waals surface area contributed by atoms with Crippen LogP contribution in [0, 0.1) is 0 Å². The molecule has 110 valence electrons. The van der Waals surface area contributed by atoms with E-state index in [9.17, 15) is 9.59 Å². The van der Waals surface area contributed by atoms with Gasteiger partial charge in [-0.15, -0.1) is 5.10 Å². The number of aromatic nitrogens is 3. The van der Waals surface area contributed by atoms with Crippen LogP contribution in [0.25, 0.3) is 0 Å². The van der Waals surface area contributed by atoms with Gasteiger partial charge in [-0.1, -0.05) is 5.21 Å². The number of ether oxygens (including phenoxy) is 1. The molecule has 0 unspecified atom stereocenters. The van der Waals surface area contributed by atoms with Crippen molar-refractivity contribution in [3.63, 3.8) is 0 Å². The Morgan fingerprint density at radius 2 is 2.20 bits per heavy atom. The van der Waals surface area contributed by atoms with Gasteiger partial charge in [0.1, 0.15) is 6.54 Å². The minimum Gasteiger partial charge on any atom is -0.464 e. The Labute approximate surface area is 116 Å². The van der Waals surface area contributed by atoms with Crippen molar-refractivity contribution in [2.45, 2.75) is 31.8 Å². The number of nitrogens with two attached hydrogens (primary N) is 1. The summed E-state index contributed by atoms with van der Waals surface area (Å²) in [6, 6.07) is 0.337. The molecule has 1 amide bonds. The van der Waals surface area contributed by atoms with Crippen molar-refractivity contribution in [1.29, 1.82) is 0 Å². The van der Waals surface area contributed by atoms with E-state index in [2.05, 4.69) is 15.0 Å². The van der Waals surface area contributed by atoms with E-state index >= 15 is 0 Å². The van der Waals surface area contributed by atoms with E-state index in [1.54, 1.807) is 11.9 Å². The van der Waals surface area contributed by atoms with E-state index in [1.165, 1.54) is 11.8 Å². The lowest BCUT2D eigenvalue weighted by Gasteiger charge is -2.16. The molecule has 1 aliphatic rings. The van der Waals surface area contributed by atoms with Gasteiger partial charge in [-0.05, 0) is 19.4 Å². The van der Waals surface area contributed by atoms with Crippen molar-refractivity contribution in [3.05, 3.63) is 11.4 Å². The zero-order valence-electron chi connectivity index (χ0n) is 11.7. The second kappa shape index (κ2) is 6.00. The number of hydrogen-bond acceptors (Lipinski definition) is 6. The Balaban J connectivity index is 2.15. The van der Waals surface area contributed by atoms with Gasteiger partial charge in [0, 0.05) is 19.5 Å². The molecule has 2 rings (SSSR count). The molecule has 0 aliphatic heterocycles. The van der Waals surface area contributed by atoms with E-state index in [4.69, 9.17) is 5.73 Å². The summed E-state index contributed by atoms with van der Waals surface area (Å²) in [5.74, 6) is -0.616. The zero-order valence-corrected chi connectivity index (χ0v) is 11.7. The molecule has 1 aromatic rings. The number of carbonyl (C=O) groups excluding carboxylic acids is 2. The molecule has 0 atom stereocenters. The van der Waals surface area contributed by atoms with Gasteiger partial charge >= 0.3 is 5.97 Å². The van der Waals surface area contributed by atoms with Gasteiger partial charge in [0.2, 0.25) is 5.91 Å². The molecule has 0 radical (unpaired) electrons. The van der Waals surface area contributed by atoms with Gasteiger partial charge in [0.05, 0.1) is 12.8 Å².